The molecule has 1 aliphatic rings. The highest BCUT2D eigenvalue weighted by molar-refractivity contribution is 5.78. The standard InChI is InChI=1S/C16H14O/c1-12-9-14-7-8-15(10-16(12)14)17-11-13-5-3-2-4-6-13/h2-8,10H,1,9,11H2. The van der Waals surface area contributed by atoms with Crippen LogP contribution in [0, 0.1) is 0 Å². The van der Waals surface area contributed by atoms with Crippen molar-refractivity contribution in [2.75, 3.05) is 0 Å². The van der Waals surface area contributed by atoms with Gasteiger partial charge in [0.15, 0.2) is 0 Å². The Balaban J connectivity index is 1.72. The van der Waals surface area contributed by atoms with Crippen LogP contribution in [0.3, 0.4) is 0 Å². The third-order valence-corrected chi connectivity index (χ3v) is 3.11. The van der Waals surface area contributed by atoms with Crippen LogP contribution >= 0.6 is 0 Å². The highest BCUT2D eigenvalue weighted by Gasteiger charge is 2.17. The van der Waals surface area contributed by atoms with Crippen LogP contribution in [0.2, 0.25) is 0 Å². The van der Waals surface area contributed by atoms with E-state index in [1.807, 2.05) is 24.3 Å². The van der Waals surface area contributed by atoms with E-state index in [0.29, 0.717) is 6.61 Å². The first-order chi connectivity index (χ1) is 8.33. The van der Waals surface area contributed by atoms with E-state index in [9.17, 15) is 0 Å². The Kier molecular flexibility index (Phi) is 2.45. The number of fused-ring (bicyclic) bond motifs is 1. The molecule has 0 radical (unpaired) electrons. The molecule has 84 valence electrons. The third-order valence-electron chi connectivity index (χ3n) is 3.11. The minimum absolute atomic E-state index is 0.617. The van der Waals surface area contributed by atoms with Crippen molar-refractivity contribution in [1.82, 2.24) is 0 Å². The zero-order valence-corrected chi connectivity index (χ0v) is 9.65. The van der Waals surface area contributed by atoms with Crippen LogP contribution < -0.4 is 4.74 Å². The van der Waals surface area contributed by atoms with Crippen molar-refractivity contribution < 1.29 is 4.74 Å². The molecule has 0 atom stereocenters. The first kappa shape index (κ1) is 10.2. The second-order valence-electron chi connectivity index (χ2n) is 4.37. The molecule has 0 heterocycles. The van der Waals surface area contributed by atoms with Gasteiger partial charge in [-0.25, -0.2) is 0 Å². The number of benzene rings is 2. The second-order valence-corrected chi connectivity index (χ2v) is 4.37. The summed E-state index contributed by atoms with van der Waals surface area (Å²) in [5.74, 6) is 0.924. The van der Waals surface area contributed by atoms with Crippen molar-refractivity contribution in [2.24, 2.45) is 0 Å². The minimum atomic E-state index is 0.617. The Morgan fingerprint density at radius 3 is 2.65 bits per heavy atom. The van der Waals surface area contributed by atoms with E-state index in [2.05, 4.69) is 30.8 Å². The third kappa shape index (κ3) is 1.96. The van der Waals surface area contributed by atoms with E-state index < -0.39 is 0 Å². The average molecular weight is 222 g/mol. The molecule has 0 saturated carbocycles. The Hall–Kier alpha value is -2.02. The van der Waals surface area contributed by atoms with Crippen molar-refractivity contribution in [2.45, 2.75) is 13.0 Å². The van der Waals surface area contributed by atoms with Crippen LogP contribution in [0.4, 0.5) is 0 Å². The lowest BCUT2D eigenvalue weighted by molar-refractivity contribution is 0.306. The zero-order chi connectivity index (χ0) is 11.7. The Labute approximate surface area is 101 Å². The lowest BCUT2D eigenvalue weighted by atomic mass is 9.84. The molecule has 0 amide bonds. The molecule has 0 spiro atoms. The van der Waals surface area contributed by atoms with Gasteiger partial charge in [0.2, 0.25) is 0 Å². The van der Waals surface area contributed by atoms with E-state index in [4.69, 9.17) is 4.74 Å². The van der Waals surface area contributed by atoms with Crippen molar-refractivity contribution in [1.29, 1.82) is 0 Å². The van der Waals surface area contributed by atoms with E-state index in [-0.39, 0.29) is 0 Å². The van der Waals surface area contributed by atoms with Gasteiger partial charge in [-0.05, 0) is 40.8 Å². The maximum Gasteiger partial charge on any atom is 0.120 e. The quantitative estimate of drug-likeness (QED) is 0.766. The molecule has 0 N–H and O–H groups in total. The summed E-state index contributed by atoms with van der Waals surface area (Å²) in [7, 11) is 0. The summed E-state index contributed by atoms with van der Waals surface area (Å²) in [4.78, 5) is 0. The minimum Gasteiger partial charge on any atom is -0.489 e. The van der Waals surface area contributed by atoms with Gasteiger partial charge in [0.1, 0.15) is 12.4 Å². The van der Waals surface area contributed by atoms with Crippen LogP contribution in [0.15, 0.2) is 55.1 Å². The van der Waals surface area contributed by atoms with E-state index in [1.165, 1.54) is 22.3 Å². The number of ether oxygens (including phenoxy) is 1. The molecular weight excluding hydrogens is 208 g/mol. The van der Waals surface area contributed by atoms with Gasteiger partial charge in [0, 0.05) is 0 Å². The van der Waals surface area contributed by atoms with Gasteiger partial charge in [-0.15, -0.1) is 0 Å². The average Bonchev–Trinajstić information content (AvgIpc) is 2.37. The summed E-state index contributed by atoms with van der Waals surface area (Å²) in [5, 5.41) is 0. The molecule has 17 heavy (non-hydrogen) atoms. The Bertz CT molecular complexity index is 555. The fourth-order valence-corrected chi connectivity index (χ4v) is 2.09. The normalized spacial score (nSPS) is 12.8. The monoisotopic (exact) mass is 222 g/mol. The maximum absolute atomic E-state index is 5.77. The highest BCUT2D eigenvalue weighted by Crippen LogP contribution is 2.35. The lowest BCUT2D eigenvalue weighted by Crippen LogP contribution is -2.06. The smallest absolute Gasteiger partial charge is 0.120 e. The van der Waals surface area contributed by atoms with Gasteiger partial charge < -0.3 is 4.74 Å². The summed E-state index contributed by atoms with van der Waals surface area (Å²) in [6.07, 6.45) is 1.02. The molecule has 0 saturated heterocycles. The molecule has 1 heteroatoms. The van der Waals surface area contributed by atoms with Crippen molar-refractivity contribution in [3.8, 4) is 5.75 Å². The number of hydrogen-bond donors (Lipinski definition) is 0. The van der Waals surface area contributed by atoms with Crippen molar-refractivity contribution in [3.63, 3.8) is 0 Å². The molecular formula is C16H14O. The van der Waals surface area contributed by atoms with Crippen molar-refractivity contribution >= 4 is 5.57 Å². The molecule has 2 aromatic rings. The van der Waals surface area contributed by atoms with Crippen LogP contribution in [0.25, 0.3) is 5.57 Å². The SMILES string of the molecule is C=C1Cc2ccc(OCc3ccccc3)cc21. The van der Waals surface area contributed by atoms with Gasteiger partial charge in [0.25, 0.3) is 0 Å². The number of rotatable bonds is 3. The van der Waals surface area contributed by atoms with Gasteiger partial charge in [-0.3, -0.25) is 0 Å². The fourth-order valence-electron chi connectivity index (χ4n) is 2.09. The number of hydrogen-bond acceptors (Lipinski definition) is 1. The molecule has 0 aromatic heterocycles. The summed E-state index contributed by atoms with van der Waals surface area (Å²) in [5.41, 5.74) is 5.04. The molecule has 3 rings (SSSR count). The predicted molar refractivity (Wildman–Crippen MR) is 70.0 cm³/mol. The molecule has 0 unspecified atom stereocenters. The summed E-state index contributed by atoms with van der Waals surface area (Å²) >= 11 is 0. The molecule has 0 fully saturated rings. The summed E-state index contributed by atoms with van der Waals surface area (Å²) in [6, 6.07) is 16.5. The van der Waals surface area contributed by atoms with Crippen LogP contribution in [0.1, 0.15) is 16.7 Å². The van der Waals surface area contributed by atoms with Crippen molar-refractivity contribution in [3.05, 3.63) is 71.8 Å². The molecule has 1 nitrogen and oxygen atoms in total. The predicted octanol–water partition coefficient (Wildman–Crippen LogP) is 3.83. The molecule has 2 aromatic carbocycles. The topological polar surface area (TPSA) is 9.23 Å². The summed E-state index contributed by atoms with van der Waals surface area (Å²) < 4.78 is 5.77. The van der Waals surface area contributed by atoms with Crippen LogP contribution in [0.5, 0.6) is 5.75 Å². The summed E-state index contributed by atoms with van der Waals surface area (Å²) in [6.45, 7) is 4.62. The van der Waals surface area contributed by atoms with E-state index in [1.54, 1.807) is 0 Å². The largest absolute Gasteiger partial charge is 0.489 e. The highest BCUT2D eigenvalue weighted by atomic mass is 16.5. The van der Waals surface area contributed by atoms with Crippen LogP contribution in [-0.4, -0.2) is 0 Å². The van der Waals surface area contributed by atoms with E-state index >= 15 is 0 Å². The molecule has 1 aliphatic carbocycles. The van der Waals surface area contributed by atoms with Gasteiger partial charge in [0.05, 0.1) is 0 Å². The second kappa shape index (κ2) is 4.10. The number of allylic oxidation sites excluding steroid dienone is 1. The fraction of sp³-hybridized carbons (Fsp3) is 0.125. The Morgan fingerprint density at radius 2 is 1.88 bits per heavy atom. The van der Waals surface area contributed by atoms with E-state index in [0.717, 1.165) is 12.2 Å². The zero-order valence-electron chi connectivity index (χ0n) is 9.65. The maximum atomic E-state index is 5.77. The van der Waals surface area contributed by atoms with Gasteiger partial charge in [-0.1, -0.05) is 43.0 Å². The van der Waals surface area contributed by atoms with Crippen LogP contribution in [-0.2, 0) is 13.0 Å². The first-order valence-corrected chi connectivity index (χ1v) is 5.81. The van der Waals surface area contributed by atoms with Gasteiger partial charge in [-0.2, -0.15) is 0 Å². The first-order valence-electron chi connectivity index (χ1n) is 5.81. The van der Waals surface area contributed by atoms with Gasteiger partial charge >= 0.3 is 0 Å². The Morgan fingerprint density at radius 1 is 1.06 bits per heavy atom. The lowest BCUT2D eigenvalue weighted by Gasteiger charge is -2.22. The molecule has 0 aliphatic heterocycles. The molecule has 0 bridgehead atoms.